The lowest BCUT2D eigenvalue weighted by molar-refractivity contribution is 0.357. The largest absolute Gasteiger partial charge is 0.370 e. The Kier molecular flexibility index (Phi) is 3.23. The second-order valence-electron chi connectivity index (χ2n) is 5.69. The maximum atomic E-state index is 4.29. The molecule has 1 aromatic heterocycles. The molecule has 2 aromatic rings. The molecule has 4 nitrogen and oxygen atoms in total. The summed E-state index contributed by atoms with van der Waals surface area (Å²) in [4.78, 5) is 6.76. The Hall–Kier alpha value is -1.84. The third kappa shape index (κ3) is 2.48. The lowest BCUT2D eigenvalue weighted by Crippen LogP contribution is -2.38. The third-order valence-corrected chi connectivity index (χ3v) is 3.77. The first-order valence-corrected chi connectivity index (χ1v) is 6.94. The minimum absolute atomic E-state index is 0.740. The number of piperidine rings is 1. The summed E-state index contributed by atoms with van der Waals surface area (Å²) >= 11 is 0. The summed E-state index contributed by atoms with van der Waals surface area (Å²) in [5.41, 5.74) is 2.37. The Labute approximate surface area is 113 Å². The molecule has 2 atom stereocenters. The first-order chi connectivity index (χ1) is 9.24. The van der Waals surface area contributed by atoms with Crippen molar-refractivity contribution in [1.82, 2.24) is 15.2 Å². The Morgan fingerprint density at radius 1 is 1.16 bits per heavy atom. The van der Waals surface area contributed by atoms with E-state index < -0.39 is 0 Å². The van der Waals surface area contributed by atoms with E-state index in [1.807, 2.05) is 6.07 Å². The average molecular weight is 256 g/mol. The smallest absolute Gasteiger partial charge is 0.182 e. The van der Waals surface area contributed by atoms with E-state index in [0.717, 1.165) is 36.3 Å². The molecule has 2 unspecified atom stereocenters. The second kappa shape index (κ2) is 5.03. The van der Waals surface area contributed by atoms with E-state index in [0.29, 0.717) is 0 Å². The zero-order chi connectivity index (χ0) is 13.2. The van der Waals surface area contributed by atoms with E-state index in [2.05, 4.69) is 52.1 Å². The van der Waals surface area contributed by atoms with Crippen molar-refractivity contribution in [3.63, 3.8) is 0 Å². The van der Waals surface area contributed by atoms with Gasteiger partial charge in [0.05, 0.1) is 0 Å². The van der Waals surface area contributed by atoms with Crippen LogP contribution >= 0.6 is 0 Å². The van der Waals surface area contributed by atoms with Gasteiger partial charge in [0, 0.05) is 24.3 Å². The van der Waals surface area contributed by atoms with Crippen LogP contribution in [-0.4, -0.2) is 28.3 Å². The van der Waals surface area contributed by atoms with Crippen LogP contribution in [0.3, 0.4) is 0 Å². The number of para-hydroxylation sites is 1. The van der Waals surface area contributed by atoms with Crippen LogP contribution in [0.5, 0.6) is 0 Å². The van der Waals surface area contributed by atoms with E-state index in [9.17, 15) is 0 Å². The first kappa shape index (κ1) is 12.2. The quantitative estimate of drug-likeness (QED) is 0.898. The molecule has 1 N–H and O–H groups in total. The van der Waals surface area contributed by atoms with Gasteiger partial charge in [0.15, 0.2) is 5.82 Å². The van der Waals surface area contributed by atoms with Crippen molar-refractivity contribution >= 4 is 5.69 Å². The topological polar surface area (TPSA) is 44.8 Å². The maximum absolute atomic E-state index is 4.29. The fourth-order valence-corrected chi connectivity index (χ4v) is 3.14. The van der Waals surface area contributed by atoms with Crippen LogP contribution in [0.4, 0.5) is 5.69 Å². The van der Waals surface area contributed by atoms with Gasteiger partial charge in [0.1, 0.15) is 6.33 Å². The number of nitrogens with one attached hydrogen (secondary N) is 1. The molecule has 1 aliphatic rings. The number of aromatic amines is 1. The number of nitrogens with zero attached hydrogens (tertiary/aromatic N) is 3. The van der Waals surface area contributed by atoms with Crippen molar-refractivity contribution in [3.05, 3.63) is 30.6 Å². The number of anilines is 1. The minimum Gasteiger partial charge on any atom is -0.370 e. The van der Waals surface area contributed by atoms with Crippen molar-refractivity contribution in [2.75, 3.05) is 18.0 Å². The summed E-state index contributed by atoms with van der Waals surface area (Å²) in [6, 6.07) is 8.42. The highest BCUT2D eigenvalue weighted by Crippen LogP contribution is 2.32. The van der Waals surface area contributed by atoms with Crippen molar-refractivity contribution in [3.8, 4) is 11.4 Å². The van der Waals surface area contributed by atoms with Crippen molar-refractivity contribution in [2.45, 2.75) is 20.3 Å². The molecule has 0 saturated carbocycles. The molecule has 0 amide bonds. The van der Waals surface area contributed by atoms with Crippen LogP contribution in [0.25, 0.3) is 11.4 Å². The van der Waals surface area contributed by atoms with Crippen molar-refractivity contribution in [2.24, 2.45) is 11.8 Å². The molecule has 0 spiro atoms. The summed E-state index contributed by atoms with van der Waals surface area (Å²) in [7, 11) is 0. The van der Waals surface area contributed by atoms with Crippen LogP contribution in [0.1, 0.15) is 20.3 Å². The van der Waals surface area contributed by atoms with Gasteiger partial charge in [-0.05, 0) is 30.4 Å². The van der Waals surface area contributed by atoms with Gasteiger partial charge in [-0.3, -0.25) is 5.10 Å². The summed E-state index contributed by atoms with van der Waals surface area (Å²) in [6.45, 7) is 6.90. The predicted octanol–water partition coefficient (Wildman–Crippen LogP) is 2.95. The van der Waals surface area contributed by atoms with Crippen LogP contribution in [-0.2, 0) is 0 Å². The highest BCUT2D eigenvalue weighted by Gasteiger charge is 2.24. The van der Waals surface area contributed by atoms with Gasteiger partial charge in [-0.15, -0.1) is 0 Å². The normalized spacial score (nSPS) is 23.6. The molecule has 0 radical (unpaired) electrons. The Balaban J connectivity index is 1.96. The lowest BCUT2D eigenvalue weighted by Gasteiger charge is -2.37. The van der Waals surface area contributed by atoms with Gasteiger partial charge in [0.2, 0.25) is 0 Å². The molecule has 19 heavy (non-hydrogen) atoms. The third-order valence-electron chi connectivity index (χ3n) is 3.77. The molecular weight excluding hydrogens is 236 g/mol. The zero-order valence-corrected chi connectivity index (χ0v) is 11.5. The zero-order valence-electron chi connectivity index (χ0n) is 11.5. The van der Waals surface area contributed by atoms with E-state index in [-0.39, 0.29) is 0 Å². The molecule has 0 bridgehead atoms. The molecule has 1 aliphatic heterocycles. The molecular formula is C15H20N4. The number of benzene rings is 1. The molecule has 2 heterocycles. The summed E-state index contributed by atoms with van der Waals surface area (Å²) in [5.74, 6) is 2.26. The van der Waals surface area contributed by atoms with E-state index in [4.69, 9.17) is 0 Å². The molecule has 3 rings (SSSR count). The van der Waals surface area contributed by atoms with Crippen molar-refractivity contribution in [1.29, 1.82) is 0 Å². The highest BCUT2D eigenvalue weighted by molar-refractivity contribution is 5.74. The Morgan fingerprint density at radius 2 is 1.89 bits per heavy atom. The number of rotatable bonds is 2. The van der Waals surface area contributed by atoms with E-state index in [1.165, 1.54) is 12.1 Å². The van der Waals surface area contributed by atoms with Gasteiger partial charge >= 0.3 is 0 Å². The number of hydrogen-bond acceptors (Lipinski definition) is 3. The average Bonchev–Trinajstić information content (AvgIpc) is 2.91. The van der Waals surface area contributed by atoms with E-state index >= 15 is 0 Å². The minimum atomic E-state index is 0.740. The number of aromatic nitrogens is 3. The molecule has 0 aliphatic carbocycles. The fourth-order valence-electron chi connectivity index (χ4n) is 3.14. The van der Waals surface area contributed by atoms with Crippen LogP contribution in [0.15, 0.2) is 30.6 Å². The fraction of sp³-hybridized carbons (Fsp3) is 0.467. The van der Waals surface area contributed by atoms with Crippen molar-refractivity contribution < 1.29 is 0 Å². The second-order valence-corrected chi connectivity index (χ2v) is 5.69. The first-order valence-electron chi connectivity index (χ1n) is 6.94. The summed E-state index contributed by atoms with van der Waals surface area (Å²) in [6.07, 6.45) is 2.95. The van der Waals surface area contributed by atoms with Gasteiger partial charge in [-0.1, -0.05) is 26.0 Å². The Bertz CT molecular complexity index is 525. The van der Waals surface area contributed by atoms with Gasteiger partial charge in [-0.2, -0.15) is 5.10 Å². The monoisotopic (exact) mass is 256 g/mol. The highest BCUT2D eigenvalue weighted by atomic mass is 15.2. The van der Waals surface area contributed by atoms with Crippen LogP contribution < -0.4 is 4.90 Å². The molecule has 1 fully saturated rings. The standard InChI is InChI=1S/C15H20N4/c1-11-7-12(2)9-19(8-11)14-6-4-3-5-13(14)15-16-10-17-18-15/h3-6,10-12H,7-9H2,1-2H3,(H,16,17,18). The molecule has 100 valence electrons. The van der Waals surface area contributed by atoms with Gasteiger partial charge < -0.3 is 4.90 Å². The Morgan fingerprint density at radius 3 is 2.58 bits per heavy atom. The van der Waals surface area contributed by atoms with E-state index in [1.54, 1.807) is 6.33 Å². The number of H-pyrrole nitrogens is 1. The summed E-state index contributed by atoms with van der Waals surface area (Å²) < 4.78 is 0. The summed E-state index contributed by atoms with van der Waals surface area (Å²) in [5, 5.41) is 7.01. The lowest BCUT2D eigenvalue weighted by atomic mass is 9.91. The molecule has 1 aromatic carbocycles. The van der Waals surface area contributed by atoms with Crippen LogP contribution in [0, 0.1) is 11.8 Å². The van der Waals surface area contributed by atoms with Gasteiger partial charge in [0.25, 0.3) is 0 Å². The predicted molar refractivity (Wildman–Crippen MR) is 77.0 cm³/mol. The van der Waals surface area contributed by atoms with Gasteiger partial charge in [-0.25, -0.2) is 4.98 Å². The molecule has 4 heteroatoms. The SMILES string of the molecule is CC1CC(C)CN(c2ccccc2-c2nc[nH]n2)C1. The number of hydrogen-bond donors (Lipinski definition) is 1. The maximum Gasteiger partial charge on any atom is 0.182 e. The molecule has 1 saturated heterocycles. The van der Waals surface area contributed by atoms with Crippen LogP contribution in [0.2, 0.25) is 0 Å².